The molecule has 2 aliphatic rings. The van der Waals surface area contributed by atoms with E-state index in [4.69, 9.17) is 0 Å². The van der Waals surface area contributed by atoms with Gasteiger partial charge in [-0.1, -0.05) is 56.7 Å². The van der Waals surface area contributed by atoms with Crippen molar-refractivity contribution in [2.45, 2.75) is 65.1 Å². The molecule has 1 saturated carbocycles. The molecule has 0 bridgehead atoms. The molecule has 1 aliphatic carbocycles. The normalized spacial score (nSPS) is 17.8. The van der Waals surface area contributed by atoms with Crippen molar-refractivity contribution in [3.05, 3.63) is 65.2 Å². The third-order valence-corrected chi connectivity index (χ3v) is 6.59. The lowest BCUT2D eigenvalue weighted by atomic mass is 9.85. The molecule has 1 heterocycles. The maximum absolute atomic E-state index is 13.2. The number of fused-ring (bicyclic) bond motifs is 1. The minimum absolute atomic E-state index is 0.0142. The minimum Gasteiger partial charge on any atom is -0.350 e. The Kier molecular flexibility index (Phi) is 7.11. The van der Waals surface area contributed by atoms with Crippen LogP contribution in [-0.4, -0.2) is 28.7 Å². The van der Waals surface area contributed by atoms with Crippen molar-refractivity contribution in [2.75, 3.05) is 5.32 Å². The van der Waals surface area contributed by atoms with E-state index in [2.05, 4.69) is 10.6 Å². The molecule has 6 heteroatoms. The van der Waals surface area contributed by atoms with Gasteiger partial charge in [0.15, 0.2) is 0 Å². The smallest absolute Gasteiger partial charge is 0.243 e. The van der Waals surface area contributed by atoms with Crippen LogP contribution in [0.2, 0.25) is 0 Å². The van der Waals surface area contributed by atoms with E-state index in [1.54, 1.807) is 4.90 Å². The van der Waals surface area contributed by atoms with E-state index in [1.807, 2.05) is 62.4 Å². The highest BCUT2D eigenvalue weighted by Crippen LogP contribution is 2.28. The lowest BCUT2D eigenvalue weighted by molar-refractivity contribution is -0.142. The zero-order chi connectivity index (χ0) is 23.4. The highest BCUT2D eigenvalue weighted by atomic mass is 16.2. The summed E-state index contributed by atoms with van der Waals surface area (Å²) in [4.78, 5) is 40.1. The zero-order valence-electron chi connectivity index (χ0n) is 19.5. The maximum atomic E-state index is 13.2. The van der Waals surface area contributed by atoms with Crippen molar-refractivity contribution < 1.29 is 14.4 Å². The monoisotopic (exact) mass is 447 g/mol. The van der Waals surface area contributed by atoms with E-state index in [0.29, 0.717) is 25.9 Å². The van der Waals surface area contributed by atoms with Crippen molar-refractivity contribution in [1.82, 2.24) is 10.2 Å². The summed E-state index contributed by atoms with van der Waals surface area (Å²) in [5.74, 6) is 0.293. The molecular formula is C27H33N3O3. The van der Waals surface area contributed by atoms with Gasteiger partial charge in [-0.25, -0.2) is 0 Å². The number of nitrogens with zero attached hydrogens (tertiary/aromatic N) is 1. The number of benzene rings is 2. The number of carbonyl (C=O) groups excluding carboxylic acids is 3. The Morgan fingerprint density at radius 2 is 1.76 bits per heavy atom. The number of hydrogen-bond acceptors (Lipinski definition) is 3. The molecule has 2 aromatic carbocycles. The third kappa shape index (κ3) is 5.62. The van der Waals surface area contributed by atoms with E-state index in [0.717, 1.165) is 41.6 Å². The maximum Gasteiger partial charge on any atom is 0.243 e. The van der Waals surface area contributed by atoms with Crippen molar-refractivity contribution >= 4 is 23.4 Å². The van der Waals surface area contributed by atoms with Crippen LogP contribution >= 0.6 is 0 Å². The fourth-order valence-corrected chi connectivity index (χ4v) is 4.47. The summed E-state index contributed by atoms with van der Waals surface area (Å²) in [6.45, 7) is 4.84. The molecule has 4 rings (SSSR count). The van der Waals surface area contributed by atoms with E-state index in [9.17, 15) is 14.4 Å². The van der Waals surface area contributed by atoms with E-state index < -0.39 is 6.04 Å². The molecule has 2 aromatic rings. The Balaban J connectivity index is 1.42. The van der Waals surface area contributed by atoms with E-state index in [-0.39, 0.29) is 29.6 Å². The molecule has 1 unspecified atom stereocenters. The molecule has 2 N–H and O–H groups in total. The average molecular weight is 448 g/mol. The number of nitrogens with one attached hydrogen (secondary N) is 2. The third-order valence-electron chi connectivity index (χ3n) is 6.59. The van der Waals surface area contributed by atoms with Gasteiger partial charge in [0.25, 0.3) is 0 Å². The molecule has 0 radical (unpaired) electrons. The quantitative estimate of drug-likeness (QED) is 0.672. The summed E-state index contributed by atoms with van der Waals surface area (Å²) < 4.78 is 0. The van der Waals surface area contributed by atoms with Crippen molar-refractivity contribution in [3.63, 3.8) is 0 Å². The molecule has 0 spiro atoms. The van der Waals surface area contributed by atoms with Gasteiger partial charge in [-0.15, -0.1) is 0 Å². The Labute approximate surface area is 195 Å². The predicted molar refractivity (Wildman–Crippen MR) is 128 cm³/mol. The molecule has 0 aromatic heterocycles. The largest absolute Gasteiger partial charge is 0.350 e. The van der Waals surface area contributed by atoms with Gasteiger partial charge in [-0.3, -0.25) is 14.4 Å². The van der Waals surface area contributed by atoms with Gasteiger partial charge in [0.05, 0.1) is 0 Å². The lowest BCUT2D eigenvalue weighted by Crippen LogP contribution is -2.52. The van der Waals surface area contributed by atoms with Crippen LogP contribution in [-0.2, 0) is 33.9 Å². The van der Waals surface area contributed by atoms with Crippen LogP contribution in [0.5, 0.6) is 0 Å². The van der Waals surface area contributed by atoms with Crippen LogP contribution in [0.3, 0.4) is 0 Å². The van der Waals surface area contributed by atoms with E-state index in [1.165, 1.54) is 0 Å². The first-order valence-corrected chi connectivity index (χ1v) is 11.9. The van der Waals surface area contributed by atoms with E-state index >= 15 is 0 Å². The van der Waals surface area contributed by atoms with Crippen molar-refractivity contribution in [1.29, 1.82) is 0 Å². The van der Waals surface area contributed by atoms with Crippen LogP contribution in [0.15, 0.2) is 48.5 Å². The molecule has 6 nitrogen and oxygen atoms in total. The summed E-state index contributed by atoms with van der Waals surface area (Å²) in [6.07, 6.45) is 3.97. The number of hydrogen-bond donors (Lipinski definition) is 2. The SMILES string of the molecule is CC(C)CC(=O)N1Cc2ccccc2CC1C(=O)NCc1cccc(NC(=O)C2CCC2)c1. The molecule has 3 amide bonds. The van der Waals surface area contributed by atoms with Crippen LogP contribution in [0, 0.1) is 11.8 Å². The number of rotatable bonds is 7. The number of amides is 3. The fourth-order valence-electron chi connectivity index (χ4n) is 4.47. The van der Waals surface area contributed by atoms with Crippen LogP contribution < -0.4 is 10.6 Å². The summed E-state index contributed by atoms with van der Waals surface area (Å²) in [5.41, 5.74) is 3.88. The Hall–Kier alpha value is -3.15. The first-order valence-electron chi connectivity index (χ1n) is 11.9. The molecule has 1 fully saturated rings. The van der Waals surface area contributed by atoms with Crippen molar-refractivity contribution in [3.8, 4) is 0 Å². The first kappa shape index (κ1) is 23.0. The van der Waals surface area contributed by atoms with Gasteiger partial charge in [0.1, 0.15) is 6.04 Å². The molecule has 33 heavy (non-hydrogen) atoms. The van der Waals surface area contributed by atoms with Gasteiger partial charge in [0.2, 0.25) is 17.7 Å². The highest BCUT2D eigenvalue weighted by Gasteiger charge is 2.34. The highest BCUT2D eigenvalue weighted by molar-refractivity contribution is 5.93. The summed E-state index contributed by atoms with van der Waals surface area (Å²) in [5, 5.41) is 6.00. The van der Waals surface area contributed by atoms with Gasteiger partial charge in [-0.05, 0) is 47.6 Å². The molecule has 0 saturated heterocycles. The van der Waals surface area contributed by atoms with Gasteiger partial charge in [0, 0.05) is 37.5 Å². The number of carbonyl (C=O) groups is 3. The standard InChI is InChI=1S/C27H33N3O3/c1-18(2)13-25(31)30-17-22-9-4-3-8-21(22)15-24(30)27(33)28-16-19-7-5-12-23(14-19)29-26(32)20-10-6-11-20/h3-5,7-9,12,14,18,20,24H,6,10-11,13,15-17H2,1-2H3,(H,28,33)(H,29,32). The first-order chi connectivity index (χ1) is 15.9. The van der Waals surface area contributed by atoms with Crippen LogP contribution in [0.1, 0.15) is 56.2 Å². The molecule has 174 valence electrons. The second-order valence-electron chi connectivity index (χ2n) is 9.64. The van der Waals surface area contributed by atoms with Crippen LogP contribution in [0.25, 0.3) is 0 Å². The second kappa shape index (κ2) is 10.2. The predicted octanol–water partition coefficient (Wildman–Crippen LogP) is 4.04. The molecular weight excluding hydrogens is 414 g/mol. The van der Waals surface area contributed by atoms with Crippen molar-refractivity contribution in [2.24, 2.45) is 11.8 Å². The Morgan fingerprint density at radius 1 is 1.00 bits per heavy atom. The Morgan fingerprint density at radius 3 is 2.45 bits per heavy atom. The summed E-state index contributed by atoms with van der Waals surface area (Å²) in [7, 11) is 0. The topological polar surface area (TPSA) is 78.5 Å². The molecule has 1 atom stereocenters. The van der Waals surface area contributed by atoms with Gasteiger partial charge >= 0.3 is 0 Å². The lowest BCUT2D eigenvalue weighted by Gasteiger charge is -2.36. The minimum atomic E-state index is -0.521. The van der Waals surface area contributed by atoms with Gasteiger partial charge in [-0.2, -0.15) is 0 Å². The zero-order valence-corrected chi connectivity index (χ0v) is 19.5. The summed E-state index contributed by atoms with van der Waals surface area (Å²) >= 11 is 0. The Bertz CT molecular complexity index is 1030. The average Bonchev–Trinajstić information content (AvgIpc) is 2.75. The summed E-state index contributed by atoms with van der Waals surface area (Å²) in [6, 6.07) is 15.1. The van der Waals surface area contributed by atoms with Crippen LogP contribution in [0.4, 0.5) is 5.69 Å². The fraction of sp³-hybridized carbons (Fsp3) is 0.444. The second-order valence-corrected chi connectivity index (χ2v) is 9.64. The number of anilines is 1. The molecule has 1 aliphatic heterocycles. The van der Waals surface area contributed by atoms with Gasteiger partial charge < -0.3 is 15.5 Å².